The molecule has 1 heterocycles. The van der Waals surface area contributed by atoms with E-state index in [1.807, 2.05) is 38.1 Å². The summed E-state index contributed by atoms with van der Waals surface area (Å²) >= 11 is 0. The van der Waals surface area contributed by atoms with Crippen molar-refractivity contribution < 1.29 is 9.84 Å². The van der Waals surface area contributed by atoms with Gasteiger partial charge in [-0.25, -0.2) is 0 Å². The summed E-state index contributed by atoms with van der Waals surface area (Å²) in [7, 11) is 0. The molecule has 0 radical (unpaired) electrons. The zero-order valence-electron chi connectivity index (χ0n) is 7.95. The molecule has 0 aliphatic carbocycles. The first kappa shape index (κ1) is 8.57. The van der Waals surface area contributed by atoms with Gasteiger partial charge in [0.25, 0.3) is 0 Å². The summed E-state index contributed by atoms with van der Waals surface area (Å²) in [5, 5.41) is 9.66. The highest BCUT2D eigenvalue weighted by Gasteiger charge is 2.35. The third-order valence-electron chi connectivity index (χ3n) is 2.53. The van der Waals surface area contributed by atoms with E-state index in [0.717, 1.165) is 12.2 Å². The van der Waals surface area contributed by atoms with Crippen molar-refractivity contribution in [2.24, 2.45) is 5.41 Å². The highest BCUT2D eigenvalue weighted by Crippen LogP contribution is 2.36. The largest absolute Gasteiger partial charge is 0.464 e. The third kappa shape index (κ3) is 1.42. The SMILES string of the molecule is CC1(C)Cc2ccccc2OC1O. The van der Waals surface area contributed by atoms with Crippen LogP contribution in [-0.4, -0.2) is 11.4 Å². The fraction of sp³-hybridized carbons (Fsp3) is 0.455. The van der Waals surface area contributed by atoms with Crippen LogP contribution in [0.3, 0.4) is 0 Å². The predicted molar refractivity (Wildman–Crippen MR) is 50.6 cm³/mol. The van der Waals surface area contributed by atoms with Crippen molar-refractivity contribution in [1.82, 2.24) is 0 Å². The van der Waals surface area contributed by atoms with Crippen molar-refractivity contribution in [3.8, 4) is 5.75 Å². The molecular weight excluding hydrogens is 164 g/mol. The second kappa shape index (κ2) is 2.74. The van der Waals surface area contributed by atoms with Gasteiger partial charge in [-0.3, -0.25) is 0 Å². The minimum absolute atomic E-state index is 0.186. The van der Waals surface area contributed by atoms with Gasteiger partial charge in [-0.05, 0) is 18.1 Å². The first-order valence-corrected chi connectivity index (χ1v) is 4.52. The van der Waals surface area contributed by atoms with Gasteiger partial charge in [0.15, 0.2) is 0 Å². The molecule has 13 heavy (non-hydrogen) atoms. The van der Waals surface area contributed by atoms with Gasteiger partial charge in [0.05, 0.1) is 0 Å². The Morgan fingerprint density at radius 2 is 2.08 bits per heavy atom. The number of hydrogen-bond donors (Lipinski definition) is 1. The molecule has 1 atom stereocenters. The zero-order valence-corrected chi connectivity index (χ0v) is 7.95. The molecule has 0 aromatic heterocycles. The normalized spacial score (nSPS) is 24.7. The Balaban J connectivity index is 2.39. The number of aliphatic hydroxyl groups is 1. The maximum absolute atomic E-state index is 9.66. The maximum Gasteiger partial charge on any atom is 0.202 e. The molecule has 0 fully saturated rings. The predicted octanol–water partition coefficient (Wildman–Crippen LogP) is 1.97. The first-order chi connectivity index (χ1) is 6.09. The number of hydrogen-bond acceptors (Lipinski definition) is 2. The topological polar surface area (TPSA) is 29.5 Å². The first-order valence-electron chi connectivity index (χ1n) is 4.52. The number of fused-ring (bicyclic) bond motifs is 1. The van der Waals surface area contributed by atoms with E-state index in [1.165, 1.54) is 5.56 Å². The Bertz CT molecular complexity index is 318. The number of ether oxygens (including phenoxy) is 1. The lowest BCUT2D eigenvalue weighted by Crippen LogP contribution is -2.39. The molecule has 0 spiro atoms. The van der Waals surface area contributed by atoms with Gasteiger partial charge < -0.3 is 9.84 Å². The fourth-order valence-electron chi connectivity index (χ4n) is 1.62. The molecule has 1 aliphatic heterocycles. The Morgan fingerprint density at radius 1 is 1.38 bits per heavy atom. The summed E-state index contributed by atoms with van der Waals surface area (Å²) in [6.07, 6.45) is 0.173. The molecule has 0 bridgehead atoms. The van der Waals surface area contributed by atoms with Crippen LogP contribution in [-0.2, 0) is 6.42 Å². The molecule has 2 rings (SSSR count). The van der Waals surface area contributed by atoms with Crippen LogP contribution < -0.4 is 4.74 Å². The molecule has 1 N–H and O–H groups in total. The second-order valence-corrected chi connectivity index (χ2v) is 4.24. The van der Waals surface area contributed by atoms with E-state index < -0.39 is 6.29 Å². The van der Waals surface area contributed by atoms with Crippen molar-refractivity contribution in [1.29, 1.82) is 0 Å². The molecule has 2 heteroatoms. The number of para-hydroxylation sites is 1. The zero-order chi connectivity index (χ0) is 9.47. The van der Waals surface area contributed by atoms with Crippen LogP contribution in [0.5, 0.6) is 5.75 Å². The molecule has 0 saturated carbocycles. The van der Waals surface area contributed by atoms with Gasteiger partial charge in [-0.2, -0.15) is 0 Å². The summed E-state index contributed by atoms with van der Waals surface area (Å²) in [5.74, 6) is 0.814. The molecule has 1 aromatic rings. The van der Waals surface area contributed by atoms with Crippen LogP contribution in [0, 0.1) is 5.41 Å². The van der Waals surface area contributed by atoms with Gasteiger partial charge >= 0.3 is 0 Å². The second-order valence-electron chi connectivity index (χ2n) is 4.24. The molecule has 1 unspecified atom stereocenters. The average Bonchev–Trinajstić information content (AvgIpc) is 2.06. The number of benzene rings is 1. The minimum Gasteiger partial charge on any atom is -0.464 e. The Labute approximate surface area is 78.2 Å². The lowest BCUT2D eigenvalue weighted by atomic mass is 9.83. The van der Waals surface area contributed by atoms with E-state index >= 15 is 0 Å². The lowest BCUT2D eigenvalue weighted by Gasteiger charge is -2.36. The van der Waals surface area contributed by atoms with E-state index in [0.29, 0.717) is 0 Å². The van der Waals surface area contributed by atoms with Crippen LogP contribution in [0.15, 0.2) is 24.3 Å². The minimum atomic E-state index is -0.692. The van der Waals surface area contributed by atoms with Crippen LogP contribution in [0.4, 0.5) is 0 Å². The Kier molecular flexibility index (Phi) is 1.81. The third-order valence-corrected chi connectivity index (χ3v) is 2.53. The van der Waals surface area contributed by atoms with Crippen LogP contribution >= 0.6 is 0 Å². The average molecular weight is 178 g/mol. The van der Waals surface area contributed by atoms with Crippen LogP contribution in [0.25, 0.3) is 0 Å². The summed E-state index contributed by atoms with van der Waals surface area (Å²) in [5.41, 5.74) is 0.992. The van der Waals surface area contributed by atoms with Crippen molar-refractivity contribution in [2.45, 2.75) is 26.6 Å². The number of rotatable bonds is 0. The van der Waals surface area contributed by atoms with Crippen molar-refractivity contribution in [3.63, 3.8) is 0 Å². The smallest absolute Gasteiger partial charge is 0.202 e. The molecule has 70 valence electrons. The molecule has 2 nitrogen and oxygen atoms in total. The number of aliphatic hydroxyl groups excluding tert-OH is 1. The Hall–Kier alpha value is -1.02. The molecular formula is C11H14O2. The highest BCUT2D eigenvalue weighted by molar-refractivity contribution is 5.36. The molecule has 0 saturated heterocycles. The molecule has 0 amide bonds. The van der Waals surface area contributed by atoms with Crippen LogP contribution in [0.1, 0.15) is 19.4 Å². The van der Waals surface area contributed by atoms with Crippen molar-refractivity contribution in [2.75, 3.05) is 0 Å². The summed E-state index contributed by atoms with van der Waals surface area (Å²) in [4.78, 5) is 0. The maximum atomic E-state index is 9.66. The van der Waals surface area contributed by atoms with Gasteiger partial charge in [-0.15, -0.1) is 0 Å². The molecule has 1 aliphatic rings. The Morgan fingerprint density at radius 3 is 2.85 bits per heavy atom. The monoisotopic (exact) mass is 178 g/mol. The summed E-state index contributed by atoms with van der Waals surface area (Å²) in [6.45, 7) is 4.02. The van der Waals surface area contributed by atoms with Crippen molar-refractivity contribution in [3.05, 3.63) is 29.8 Å². The van der Waals surface area contributed by atoms with E-state index in [2.05, 4.69) is 0 Å². The van der Waals surface area contributed by atoms with Gasteiger partial charge in [0, 0.05) is 5.41 Å². The summed E-state index contributed by atoms with van der Waals surface area (Å²) < 4.78 is 5.40. The van der Waals surface area contributed by atoms with E-state index in [-0.39, 0.29) is 5.41 Å². The standard InChI is InChI=1S/C11H14O2/c1-11(2)7-8-5-3-4-6-9(8)13-10(11)12/h3-6,10,12H,7H2,1-2H3. The lowest BCUT2D eigenvalue weighted by molar-refractivity contribution is -0.112. The quantitative estimate of drug-likeness (QED) is 0.658. The van der Waals surface area contributed by atoms with E-state index in [9.17, 15) is 5.11 Å². The van der Waals surface area contributed by atoms with Gasteiger partial charge in [-0.1, -0.05) is 32.0 Å². The van der Waals surface area contributed by atoms with Gasteiger partial charge in [0.1, 0.15) is 5.75 Å². The molecule has 1 aromatic carbocycles. The summed E-state index contributed by atoms with van der Waals surface area (Å²) in [6, 6.07) is 7.86. The van der Waals surface area contributed by atoms with Crippen LogP contribution in [0.2, 0.25) is 0 Å². The van der Waals surface area contributed by atoms with E-state index in [1.54, 1.807) is 0 Å². The fourth-order valence-corrected chi connectivity index (χ4v) is 1.62. The van der Waals surface area contributed by atoms with E-state index in [4.69, 9.17) is 4.74 Å². The van der Waals surface area contributed by atoms with Crippen molar-refractivity contribution >= 4 is 0 Å². The van der Waals surface area contributed by atoms with Gasteiger partial charge in [0.2, 0.25) is 6.29 Å². The highest BCUT2D eigenvalue weighted by atomic mass is 16.6.